The highest BCUT2D eigenvalue weighted by Crippen LogP contribution is 2.36. The van der Waals surface area contributed by atoms with E-state index in [1.54, 1.807) is 11.3 Å². The molecular weight excluding hydrogens is 280 g/mol. The molecule has 3 rings (SSSR count). The molecule has 114 valence electrons. The van der Waals surface area contributed by atoms with Gasteiger partial charge >= 0.3 is 0 Å². The van der Waals surface area contributed by atoms with E-state index in [2.05, 4.69) is 49.0 Å². The van der Waals surface area contributed by atoms with Gasteiger partial charge in [-0.1, -0.05) is 13.8 Å². The number of hydrogen-bond acceptors (Lipinski definition) is 5. The van der Waals surface area contributed by atoms with Crippen LogP contribution in [0.15, 0.2) is 6.07 Å². The lowest BCUT2D eigenvalue weighted by molar-refractivity contribution is 0.279. The summed E-state index contributed by atoms with van der Waals surface area (Å²) in [7, 11) is 0. The number of piperidine rings is 1. The predicted molar refractivity (Wildman–Crippen MR) is 91.5 cm³/mol. The molecule has 0 radical (unpaired) electrons. The van der Waals surface area contributed by atoms with Gasteiger partial charge in [0.25, 0.3) is 0 Å². The van der Waals surface area contributed by atoms with Crippen molar-refractivity contribution in [1.29, 1.82) is 0 Å². The first-order chi connectivity index (χ1) is 9.98. The summed E-state index contributed by atoms with van der Waals surface area (Å²) in [6.45, 7) is 12.0. The van der Waals surface area contributed by atoms with Gasteiger partial charge in [0.05, 0.1) is 5.39 Å². The molecule has 3 heterocycles. The van der Waals surface area contributed by atoms with Gasteiger partial charge in [-0.3, -0.25) is 0 Å². The summed E-state index contributed by atoms with van der Waals surface area (Å²) in [5, 5.41) is 4.47. The molecule has 0 bridgehead atoms. The molecule has 2 aromatic rings. The summed E-state index contributed by atoms with van der Waals surface area (Å²) in [6.07, 6.45) is 2.44. The molecule has 1 aliphatic heterocycles. The van der Waals surface area contributed by atoms with Crippen molar-refractivity contribution in [3.8, 4) is 0 Å². The monoisotopic (exact) mass is 304 g/mol. The first-order valence-corrected chi connectivity index (χ1v) is 8.57. The van der Waals surface area contributed by atoms with Crippen molar-refractivity contribution >= 4 is 33.3 Å². The van der Waals surface area contributed by atoms with Gasteiger partial charge in [-0.25, -0.2) is 4.98 Å². The number of rotatable bonds is 3. The van der Waals surface area contributed by atoms with E-state index in [0.717, 1.165) is 36.2 Å². The van der Waals surface area contributed by atoms with Crippen molar-refractivity contribution < 1.29 is 0 Å². The van der Waals surface area contributed by atoms with Crippen molar-refractivity contribution in [3.05, 3.63) is 10.9 Å². The molecule has 0 aromatic carbocycles. The number of aromatic nitrogens is 2. The number of nitrogens with one attached hydrogen (secondary N) is 1. The van der Waals surface area contributed by atoms with Crippen LogP contribution >= 0.6 is 11.3 Å². The lowest BCUT2D eigenvalue weighted by atomic mass is 9.82. The van der Waals surface area contributed by atoms with Crippen LogP contribution in [0.5, 0.6) is 0 Å². The molecule has 21 heavy (non-hydrogen) atoms. The summed E-state index contributed by atoms with van der Waals surface area (Å²) < 4.78 is 0. The first kappa shape index (κ1) is 14.6. The van der Waals surface area contributed by atoms with Crippen LogP contribution in [-0.2, 0) is 0 Å². The van der Waals surface area contributed by atoms with E-state index >= 15 is 0 Å². The Balaban J connectivity index is 1.99. The van der Waals surface area contributed by atoms with Gasteiger partial charge in [0.2, 0.25) is 5.95 Å². The van der Waals surface area contributed by atoms with Crippen LogP contribution in [0.25, 0.3) is 10.2 Å². The van der Waals surface area contributed by atoms with Crippen LogP contribution in [0.4, 0.5) is 11.8 Å². The lowest BCUT2D eigenvalue weighted by Crippen LogP contribution is -2.38. The van der Waals surface area contributed by atoms with Gasteiger partial charge in [0, 0.05) is 24.5 Å². The van der Waals surface area contributed by atoms with Crippen molar-refractivity contribution in [2.24, 2.45) is 5.41 Å². The van der Waals surface area contributed by atoms with Crippen molar-refractivity contribution in [2.45, 2.75) is 40.5 Å². The molecule has 1 aliphatic rings. The summed E-state index contributed by atoms with van der Waals surface area (Å²) in [5.74, 6) is 1.86. The van der Waals surface area contributed by atoms with Gasteiger partial charge in [-0.15, -0.1) is 11.3 Å². The lowest BCUT2D eigenvalue weighted by Gasteiger charge is -2.37. The fraction of sp³-hybridized carbons (Fsp3) is 0.625. The Morgan fingerprint density at radius 1 is 1.29 bits per heavy atom. The average molecular weight is 304 g/mol. The molecule has 1 N–H and O–H groups in total. The Morgan fingerprint density at radius 3 is 2.67 bits per heavy atom. The summed E-state index contributed by atoms with van der Waals surface area (Å²) >= 11 is 1.75. The molecule has 5 heteroatoms. The zero-order valence-electron chi connectivity index (χ0n) is 13.4. The summed E-state index contributed by atoms with van der Waals surface area (Å²) in [4.78, 5) is 14.3. The van der Waals surface area contributed by atoms with E-state index in [9.17, 15) is 0 Å². The van der Waals surface area contributed by atoms with Crippen LogP contribution in [-0.4, -0.2) is 29.6 Å². The van der Waals surface area contributed by atoms with Gasteiger partial charge in [0.15, 0.2) is 0 Å². The van der Waals surface area contributed by atoms with Gasteiger partial charge in [-0.05, 0) is 38.2 Å². The molecule has 0 spiro atoms. The predicted octanol–water partition coefficient (Wildman–Crippen LogP) is 4.06. The minimum Gasteiger partial charge on any atom is -0.356 e. The molecule has 1 saturated heterocycles. The highest BCUT2D eigenvalue weighted by Gasteiger charge is 2.27. The molecule has 0 atom stereocenters. The Morgan fingerprint density at radius 2 is 2.00 bits per heavy atom. The Bertz CT molecular complexity index is 637. The van der Waals surface area contributed by atoms with Gasteiger partial charge < -0.3 is 10.2 Å². The average Bonchev–Trinajstić information content (AvgIpc) is 2.79. The standard InChI is InChI=1S/C16H24N4S/c1-5-17-15-18-13(12-10-11(2)21-14(12)19-15)20-8-6-16(3,4)7-9-20/h10H,5-9H2,1-4H3,(H,17,18,19). The Kier molecular flexibility index (Phi) is 3.78. The highest BCUT2D eigenvalue weighted by molar-refractivity contribution is 7.18. The van der Waals surface area contributed by atoms with Crippen molar-refractivity contribution in [1.82, 2.24) is 9.97 Å². The van der Waals surface area contributed by atoms with Crippen LogP contribution in [0.1, 0.15) is 38.5 Å². The molecule has 0 unspecified atom stereocenters. The number of thiophene rings is 1. The van der Waals surface area contributed by atoms with Crippen LogP contribution in [0, 0.1) is 12.3 Å². The minimum absolute atomic E-state index is 0.456. The second-order valence-electron chi connectivity index (χ2n) is 6.63. The Labute approximate surface area is 130 Å². The smallest absolute Gasteiger partial charge is 0.226 e. The molecule has 0 saturated carbocycles. The third kappa shape index (κ3) is 2.98. The zero-order chi connectivity index (χ0) is 15.0. The number of aryl methyl sites for hydroxylation is 1. The topological polar surface area (TPSA) is 41.1 Å². The molecule has 0 aliphatic carbocycles. The van der Waals surface area contributed by atoms with Gasteiger partial charge in [0.1, 0.15) is 10.6 Å². The SMILES string of the molecule is CCNc1nc(N2CCC(C)(C)CC2)c2cc(C)sc2n1. The number of hydrogen-bond donors (Lipinski definition) is 1. The fourth-order valence-corrected chi connectivity index (χ4v) is 3.70. The number of anilines is 2. The molecule has 2 aromatic heterocycles. The third-order valence-corrected chi connectivity index (χ3v) is 5.19. The minimum atomic E-state index is 0.456. The van der Waals surface area contributed by atoms with E-state index in [0.29, 0.717) is 5.41 Å². The van der Waals surface area contributed by atoms with E-state index < -0.39 is 0 Å². The first-order valence-electron chi connectivity index (χ1n) is 7.75. The molecule has 4 nitrogen and oxygen atoms in total. The number of nitrogens with zero attached hydrogens (tertiary/aromatic N) is 3. The maximum Gasteiger partial charge on any atom is 0.226 e. The summed E-state index contributed by atoms with van der Waals surface area (Å²) in [5.41, 5.74) is 0.456. The maximum atomic E-state index is 4.79. The Hall–Kier alpha value is -1.36. The van der Waals surface area contributed by atoms with E-state index in [1.807, 2.05) is 0 Å². The molecule has 0 amide bonds. The second kappa shape index (κ2) is 5.44. The van der Waals surface area contributed by atoms with Crippen LogP contribution in [0.3, 0.4) is 0 Å². The van der Waals surface area contributed by atoms with E-state index in [-0.39, 0.29) is 0 Å². The largest absolute Gasteiger partial charge is 0.356 e. The van der Waals surface area contributed by atoms with Crippen LogP contribution in [0.2, 0.25) is 0 Å². The van der Waals surface area contributed by atoms with E-state index in [1.165, 1.54) is 23.1 Å². The third-order valence-electron chi connectivity index (χ3n) is 4.25. The van der Waals surface area contributed by atoms with Gasteiger partial charge in [-0.2, -0.15) is 4.98 Å². The van der Waals surface area contributed by atoms with Crippen molar-refractivity contribution in [3.63, 3.8) is 0 Å². The van der Waals surface area contributed by atoms with Crippen molar-refractivity contribution in [2.75, 3.05) is 29.9 Å². The van der Waals surface area contributed by atoms with E-state index in [4.69, 9.17) is 4.98 Å². The summed E-state index contributed by atoms with van der Waals surface area (Å²) in [6, 6.07) is 2.23. The number of fused-ring (bicyclic) bond motifs is 1. The highest BCUT2D eigenvalue weighted by atomic mass is 32.1. The maximum absolute atomic E-state index is 4.79. The molecule has 1 fully saturated rings. The zero-order valence-corrected chi connectivity index (χ0v) is 14.2. The van der Waals surface area contributed by atoms with Crippen LogP contribution < -0.4 is 10.2 Å². The second-order valence-corrected chi connectivity index (χ2v) is 7.86. The fourth-order valence-electron chi connectivity index (χ4n) is 2.83. The quantitative estimate of drug-likeness (QED) is 0.928. The molecular formula is C16H24N4S. The normalized spacial score (nSPS) is 18.2.